The van der Waals surface area contributed by atoms with Gasteiger partial charge in [0.25, 0.3) is 0 Å². The minimum absolute atomic E-state index is 0.106. The van der Waals surface area contributed by atoms with Gasteiger partial charge in [0.1, 0.15) is 11.8 Å². The van der Waals surface area contributed by atoms with Crippen LogP contribution in [-0.2, 0) is 26.2 Å². The molecule has 3 aromatic carbocycles. The van der Waals surface area contributed by atoms with E-state index in [0.717, 1.165) is 20.6 Å². The third-order valence-corrected chi connectivity index (χ3v) is 8.17. The lowest BCUT2D eigenvalue weighted by molar-refractivity contribution is -0.141. The topological polar surface area (TPSA) is 96.0 Å². The zero-order chi connectivity index (χ0) is 27.9. The monoisotopic (exact) mass is 539 g/mol. The Labute approximate surface area is 225 Å². The summed E-state index contributed by atoms with van der Waals surface area (Å²) in [6.45, 7) is 6.06. The highest BCUT2D eigenvalue weighted by molar-refractivity contribution is 7.89. The van der Waals surface area contributed by atoms with Crippen LogP contribution >= 0.6 is 0 Å². The number of hydrogen-bond acceptors (Lipinski definition) is 5. The van der Waals surface area contributed by atoms with Gasteiger partial charge in [0.05, 0.1) is 18.6 Å². The Balaban J connectivity index is 1.87. The van der Waals surface area contributed by atoms with Crippen molar-refractivity contribution in [1.29, 1.82) is 0 Å². The molecule has 2 amide bonds. The second kappa shape index (κ2) is 12.9. The second-order valence-electron chi connectivity index (χ2n) is 9.70. The molecule has 3 aromatic rings. The highest BCUT2D eigenvalue weighted by Crippen LogP contribution is 2.22. The second-order valence-corrected chi connectivity index (χ2v) is 11.7. The summed E-state index contributed by atoms with van der Waals surface area (Å²) in [5, 5.41) is 4.63. The maximum Gasteiger partial charge on any atom is 0.243 e. The SMILES string of the molecule is CC[C@@H](C(=O)NCC(C)C)N(Cc1ccc(OC)cc1)C(=O)CN(C)S(=O)(=O)c1ccc2ccccc2c1. The largest absolute Gasteiger partial charge is 0.497 e. The number of rotatable bonds is 12. The molecule has 0 saturated carbocycles. The summed E-state index contributed by atoms with van der Waals surface area (Å²) in [6, 6.07) is 18.9. The maximum atomic E-state index is 13.6. The normalized spacial score (nSPS) is 12.5. The van der Waals surface area contributed by atoms with Crippen molar-refractivity contribution < 1.29 is 22.7 Å². The highest BCUT2D eigenvalue weighted by Gasteiger charge is 2.32. The number of amides is 2. The smallest absolute Gasteiger partial charge is 0.243 e. The standard InChI is InChI=1S/C29H37N3O5S/c1-6-27(29(34)30-18-21(2)3)32(19-22-11-14-25(37-5)15-12-22)28(33)20-31(4)38(35,36)26-16-13-23-9-7-8-10-24(23)17-26/h7-17,21,27H,6,18-20H2,1-5H3,(H,30,34)/t27-/m0/s1. The van der Waals surface area contributed by atoms with E-state index in [4.69, 9.17) is 4.74 Å². The van der Waals surface area contributed by atoms with Crippen molar-refractivity contribution in [2.45, 2.75) is 44.7 Å². The van der Waals surface area contributed by atoms with E-state index in [2.05, 4.69) is 5.32 Å². The molecule has 0 bridgehead atoms. The number of methoxy groups -OCH3 is 1. The molecule has 0 fully saturated rings. The van der Waals surface area contributed by atoms with E-state index in [-0.39, 0.29) is 23.3 Å². The molecule has 0 saturated heterocycles. The van der Waals surface area contributed by atoms with Crippen LogP contribution in [0.5, 0.6) is 5.75 Å². The number of carbonyl (C=O) groups is 2. The molecule has 0 aliphatic carbocycles. The Morgan fingerprint density at radius 3 is 2.24 bits per heavy atom. The molecule has 1 atom stereocenters. The molecular formula is C29H37N3O5S. The first-order chi connectivity index (χ1) is 18.1. The van der Waals surface area contributed by atoms with Gasteiger partial charge in [-0.25, -0.2) is 8.42 Å². The average Bonchev–Trinajstić information content (AvgIpc) is 2.91. The number of fused-ring (bicyclic) bond motifs is 1. The molecule has 8 nitrogen and oxygen atoms in total. The van der Waals surface area contributed by atoms with Crippen molar-refractivity contribution in [2.24, 2.45) is 5.92 Å². The first-order valence-electron chi connectivity index (χ1n) is 12.7. The van der Waals surface area contributed by atoms with Crippen LogP contribution in [0.3, 0.4) is 0 Å². The number of hydrogen-bond donors (Lipinski definition) is 1. The van der Waals surface area contributed by atoms with Crippen LogP contribution in [0.2, 0.25) is 0 Å². The summed E-state index contributed by atoms with van der Waals surface area (Å²) in [5.41, 5.74) is 0.800. The van der Waals surface area contributed by atoms with Gasteiger partial charge in [-0.1, -0.05) is 63.2 Å². The molecule has 9 heteroatoms. The predicted octanol–water partition coefficient (Wildman–Crippen LogP) is 4.05. The molecule has 0 heterocycles. The average molecular weight is 540 g/mol. The zero-order valence-corrected chi connectivity index (χ0v) is 23.5. The fourth-order valence-electron chi connectivity index (χ4n) is 4.14. The molecule has 204 valence electrons. The van der Waals surface area contributed by atoms with Gasteiger partial charge in [0.2, 0.25) is 21.8 Å². The van der Waals surface area contributed by atoms with E-state index in [9.17, 15) is 18.0 Å². The zero-order valence-electron chi connectivity index (χ0n) is 22.7. The van der Waals surface area contributed by atoms with E-state index in [1.165, 1.54) is 11.9 Å². The number of ether oxygens (including phenoxy) is 1. The Kier molecular flexibility index (Phi) is 9.88. The molecule has 1 N–H and O–H groups in total. The minimum atomic E-state index is -3.95. The number of nitrogens with one attached hydrogen (secondary N) is 1. The van der Waals surface area contributed by atoms with Gasteiger partial charge in [-0.2, -0.15) is 4.31 Å². The van der Waals surface area contributed by atoms with Crippen LogP contribution < -0.4 is 10.1 Å². The quantitative estimate of drug-likeness (QED) is 0.375. The maximum absolute atomic E-state index is 13.6. The third kappa shape index (κ3) is 7.11. The van der Waals surface area contributed by atoms with Crippen molar-refractivity contribution >= 4 is 32.6 Å². The first-order valence-corrected chi connectivity index (χ1v) is 14.2. The van der Waals surface area contributed by atoms with Crippen LogP contribution in [0.1, 0.15) is 32.8 Å². The van der Waals surface area contributed by atoms with Crippen LogP contribution in [0.25, 0.3) is 10.8 Å². The number of likely N-dealkylation sites (N-methyl/N-ethyl adjacent to an activating group) is 1. The lowest BCUT2D eigenvalue weighted by Gasteiger charge is -2.32. The Morgan fingerprint density at radius 2 is 1.63 bits per heavy atom. The van der Waals surface area contributed by atoms with E-state index in [1.807, 2.05) is 57.2 Å². The van der Waals surface area contributed by atoms with Gasteiger partial charge in [-0.3, -0.25) is 9.59 Å². The number of sulfonamides is 1. The minimum Gasteiger partial charge on any atom is -0.497 e. The van der Waals surface area contributed by atoms with Gasteiger partial charge < -0.3 is 15.0 Å². The Hall–Kier alpha value is -3.43. The molecule has 0 aliphatic rings. The molecule has 0 spiro atoms. The molecular weight excluding hydrogens is 502 g/mol. The Morgan fingerprint density at radius 1 is 0.974 bits per heavy atom. The van der Waals surface area contributed by atoms with E-state index >= 15 is 0 Å². The molecule has 0 aliphatic heterocycles. The molecule has 0 aromatic heterocycles. The van der Waals surface area contributed by atoms with Gasteiger partial charge in [0, 0.05) is 20.1 Å². The molecule has 3 rings (SSSR count). The van der Waals surface area contributed by atoms with E-state index < -0.39 is 28.5 Å². The lowest BCUT2D eigenvalue weighted by atomic mass is 10.1. The van der Waals surface area contributed by atoms with Crippen molar-refractivity contribution in [3.8, 4) is 5.75 Å². The molecule has 0 radical (unpaired) electrons. The van der Waals surface area contributed by atoms with Crippen molar-refractivity contribution in [2.75, 3.05) is 27.2 Å². The van der Waals surface area contributed by atoms with Crippen LogP contribution in [-0.4, -0.2) is 62.7 Å². The summed E-state index contributed by atoms with van der Waals surface area (Å²) in [6.07, 6.45) is 0.382. The molecule has 38 heavy (non-hydrogen) atoms. The van der Waals surface area contributed by atoms with Gasteiger partial charge in [0.15, 0.2) is 0 Å². The van der Waals surface area contributed by atoms with Gasteiger partial charge in [-0.15, -0.1) is 0 Å². The fraction of sp³-hybridized carbons (Fsp3) is 0.379. The molecule has 0 unspecified atom stereocenters. The van der Waals surface area contributed by atoms with Crippen molar-refractivity contribution in [3.63, 3.8) is 0 Å². The van der Waals surface area contributed by atoms with E-state index in [1.54, 1.807) is 37.4 Å². The van der Waals surface area contributed by atoms with Crippen LogP contribution in [0, 0.1) is 5.92 Å². The highest BCUT2D eigenvalue weighted by atomic mass is 32.2. The summed E-state index contributed by atoms with van der Waals surface area (Å²) < 4.78 is 33.0. The Bertz CT molecular complexity index is 1360. The lowest BCUT2D eigenvalue weighted by Crippen LogP contribution is -2.52. The number of nitrogens with zero attached hydrogens (tertiary/aromatic N) is 2. The van der Waals surface area contributed by atoms with Crippen molar-refractivity contribution in [3.05, 3.63) is 72.3 Å². The fourth-order valence-corrected chi connectivity index (χ4v) is 5.30. The predicted molar refractivity (Wildman–Crippen MR) is 149 cm³/mol. The number of carbonyl (C=O) groups excluding carboxylic acids is 2. The summed E-state index contributed by atoms with van der Waals surface area (Å²) in [5.74, 6) is 0.206. The van der Waals surface area contributed by atoms with Gasteiger partial charge >= 0.3 is 0 Å². The number of benzene rings is 3. The third-order valence-electron chi connectivity index (χ3n) is 6.37. The van der Waals surface area contributed by atoms with E-state index in [0.29, 0.717) is 18.7 Å². The van der Waals surface area contributed by atoms with Gasteiger partial charge in [-0.05, 0) is 52.9 Å². The summed E-state index contributed by atoms with van der Waals surface area (Å²) in [4.78, 5) is 28.3. The summed E-state index contributed by atoms with van der Waals surface area (Å²) >= 11 is 0. The first kappa shape index (κ1) is 29.1. The van der Waals surface area contributed by atoms with Crippen LogP contribution in [0.4, 0.5) is 0 Å². The van der Waals surface area contributed by atoms with Crippen molar-refractivity contribution in [1.82, 2.24) is 14.5 Å². The van der Waals surface area contributed by atoms with Crippen LogP contribution in [0.15, 0.2) is 71.6 Å². The summed E-state index contributed by atoms with van der Waals surface area (Å²) in [7, 11) is -0.991.